The smallest absolute Gasteiger partial charge is 0.404 e. The Morgan fingerprint density at radius 3 is 2.64 bits per heavy atom. The summed E-state index contributed by atoms with van der Waals surface area (Å²) in [6, 6.07) is 6.41. The van der Waals surface area contributed by atoms with Gasteiger partial charge in [-0.25, -0.2) is 23.2 Å². The highest BCUT2D eigenvalue weighted by molar-refractivity contribution is 7.92. The lowest BCUT2D eigenvalue weighted by atomic mass is 10.1. The van der Waals surface area contributed by atoms with Crippen molar-refractivity contribution in [1.29, 1.82) is 0 Å². The molecule has 194 valence electrons. The van der Waals surface area contributed by atoms with Crippen LogP contribution in [-0.4, -0.2) is 57.7 Å². The molecule has 1 amide bonds. The van der Waals surface area contributed by atoms with Gasteiger partial charge >= 0.3 is 6.09 Å². The van der Waals surface area contributed by atoms with Crippen LogP contribution in [0.2, 0.25) is 5.02 Å². The van der Waals surface area contributed by atoms with Crippen LogP contribution in [-0.2, 0) is 10.0 Å². The summed E-state index contributed by atoms with van der Waals surface area (Å²) in [5.74, 6) is 0.327. The van der Waals surface area contributed by atoms with Gasteiger partial charge in [0.15, 0.2) is 0 Å². The van der Waals surface area contributed by atoms with Gasteiger partial charge in [0.2, 0.25) is 16.0 Å². The third kappa shape index (κ3) is 7.31. The van der Waals surface area contributed by atoms with Crippen LogP contribution in [0.15, 0.2) is 36.7 Å². The lowest BCUT2D eigenvalue weighted by Gasteiger charge is -2.13. The maximum atomic E-state index is 12.3. The Balaban J connectivity index is 1.99. The minimum atomic E-state index is -3.50. The number of sulfonamides is 1. The maximum Gasteiger partial charge on any atom is 0.404 e. The fourth-order valence-electron chi connectivity index (χ4n) is 3.44. The quantitative estimate of drug-likeness (QED) is 0.281. The van der Waals surface area contributed by atoms with Gasteiger partial charge in [0, 0.05) is 47.2 Å². The van der Waals surface area contributed by atoms with E-state index in [4.69, 9.17) is 21.8 Å². The van der Waals surface area contributed by atoms with E-state index in [1.807, 2.05) is 20.0 Å². The predicted molar refractivity (Wildman–Crippen MR) is 141 cm³/mol. The Morgan fingerprint density at radius 1 is 1.22 bits per heavy atom. The first-order chi connectivity index (χ1) is 17.0. The van der Waals surface area contributed by atoms with Crippen molar-refractivity contribution in [2.75, 3.05) is 22.3 Å². The summed E-state index contributed by atoms with van der Waals surface area (Å²) in [6.07, 6.45) is 2.84. The van der Waals surface area contributed by atoms with Crippen LogP contribution in [0.3, 0.4) is 0 Å². The number of amides is 1. The van der Waals surface area contributed by atoms with E-state index < -0.39 is 16.1 Å². The lowest BCUT2D eigenvalue weighted by Crippen LogP contribution is -2.36. The maximum absolute atomic E-state index is 12.3. The van der Waals surface area contributed by atoms with Crippen LogP contribution >= 0.6 is 11.6 Å². The number of anilines is 2. The number of nitrogens with zero attached hydrogens (tertiary/aromatic N) is 4. The van der Waals surface area contributed by atoms with Gasteiger partial charge in [0.25, 0.3) is 0 Å². The third-order valence-corrected chi connectivity index (χ3v) is 6.76. The zero-order valence-electron chi connectivity index (χ0n) is 20.5. The second-order valence-corrected chi connectivity index (χ2v) is 10.9. The average Bonchev–Trinajstić information content (AvgIpc) is 3.23. The topological polar surface area (TPSA) is 151 Å². The van der Waals surface area contributed by atoms with Crippen LogP contribution in [0.4, 0.5) is 16.4 Å². The highest BCUT2D eigenvalue weighted by atomic mass is 35.5. The SMILES string of the molecule is CCCS(=O)(=O)Nc1cc(Cl)cc(-c2nn(C(C)C)cc2-c2ccnc(NC[C@H](C)NC(=O)O)n2)c1. The summed E-state index contributed by atoms with van der Waals surface area (Å²) in [5, 5.41) is 19.3. The van der Waals surface area contributed by atoms with Gasteiger partial charge in [-0.15, -0.1) is 0 Å². The predicted octanol–water partition coefficient (Wildman–Crippen LogP) is 4.46. The molecule has 0 radical (unpaired) electrons. The van der Waals surface area contributed by atoms with Gasteiger partial charge in [-0.1, -0.05) is 18.5 Å². The van der Waals surface area contributed by atoms with E-state index in [0.717, 1.165) is 0 Å². The highest BCUT2D eigenvalue weighted by Crippen LogP contribution is 2.34. The average molecular weight is 536 g/mol. The number of nitrogens with one attached hydrogen (secondary N) is 3. The second kappa shape index (κ2) is 11.6. The molecule has 3 aromatic rings. The number of hydrogen-bond acceptors (Lipinski definition) is 7. The normalized spacial score (nSPS) is 12.4. The van der Waals surface area contributed by atoms with Crippen molar-refractivity contribution in [2.45, 2.75) is 46.2 Å². The summed E-state index contributed by atoms with van der Waals surface area (Å²) in [7, 11) is -3.50. The molecule has 11 nitrogen and oxygen atoms in total. The molecule has 4 N–H and O–H groups in total. The van der Waals surface area contributed by atoms with Gasteiger partial charge in [-0.3, -0.25) is 9.40 Å². The van der Waals surface area contributed by atoms with Gasteiger partial charge in [-0.2, -0.15) is 5.10 Å². The number of carboxylic acid groups (broad SMARTS) is 1. The number of halogens is 1. The summed E-state index contributed by atoms with van der Waals surface area (Å²) >= 11 is 6.35. The Hall–Kier alpha value is -3.38. The third-order valence-electron chi connectivity index (χ3n) is 5.05. The first kappa shape index (κ1) is 27.2. The van der Waals surface area contributed by atoms with Crippen molar-refractivity contribution >= 4 is 39.4 Å². The molecule has 1 atom stereocenters. The van der Waals surface area contributed by atoms with E-state index >= 15 is 0 Å². The monoisotopic (exact) mass is 535 g/mol. The van der Waals surface area contributed by atoms with Crippen LogP contribution in [0.1, 0.15) is 40.2 Å². The minimum absolute atomic E-state index is 0.000608. The molecule has 3 rings (SSSR count). The molecule has 0 saturated heterocycles. The summed E-state index contributed by atoms with van der Waals surface area (Å²) < 4.78 is 29.0. The molecule has 0 saturated carbocycles. The number of aromatic nitrogens is 4. The fraction of sp³-hybridized carbons (Fsp3) is 0.391. The Kier molecular flexibility index (Phi) is 8.75. The first-order valence-corrected chi connectivity index (χ1v) is 13.5. The molecule has 0 aliphatic heterocycles. The molecule has 0 aliphatic carbocycles. The fourth-order valence-corrected chi connectivity index (χ4v) is 4.79. The van der Waals surface area contributed by atoms with Crippen molar-refractivity contribution < 1.29 is 18.3 Å². The molecule has 36 heavy (non-hydrogen) atoms. The van der Waals surface area contributed by atoms with Gasteiger partial charge in [0.1, 0.15) is 5.69 Å². The van der Waals surface area contributed by atoms with E-state index in [9.17, 15) is 13.2 Å². The number of rotatable bonds is 11. The van der Waals surface area contributed by atoms with Crippen molar-refractivity contribution in [3.8, 4) is 22.5 Å². The molecule has 0 unspecified atom stereocenters. The largest absolute Gasteiger partial charge is 0.465 e. The van der Waals surface area contributed by atoms with Crippen molar-refractivity contribution in [1.82, 2.24) is 25.1 Å². The molecule has 0 spiro atoms. The lowest BCUT2D eigenvalue weighted by molar-refractivity contribution is 0.191. The van der Waals surface area contributed by atoms with Crippen molar-refractivity contribution in [3.05, 3.63) is 41.7 Å². The van der Waals surface area contributed by atoms with E-state index in [-0.39, 0.29) is 17.8 Å². The molecular weight excluding hydrogens is 506 g/mol. The van der Waals surface area contributed by atoms with Crippen LogP contribution in [0.5, 0.6) is 0 Å². The van der Waals surface area contributed by atoms with Crippen molar-refractivity contribution in [3.63, 3.8) is 0 Å². The second-order valence-electron chi connectivity index (χ2n) is 8.61. The number of carbonyl (C=O) groups is 1. The van der Waals surface area contributed by atoms with E-state index in [1.54, 1.807) is 49.0 Å². The Morgan fingerprint density at radius 2 is 1.97 bits per heavy atom. The highest BCUT2D eigenvalue weighted by Gasteiger charge is 2.19. The zero-order chi connectivity index (χ0) is 26.5. The Bertz CT molecular complexity index is 1330. The molecule has 1 aromatic carbocycles. The molecule has 0 bridgehead atoms. The number of benzene rings is 1. The molecule has 0 fully saturated rings. The van der Waals surface area contributed by atoms with E-state index in [2.05, 4.69) is 25.3 Å². The molecule has 2 heterocycles. The van der Waals surface area contributed by atoms with Crippen molar-refractivity contribution in [2.24, 2.45) is 0 Å². The van der Waals surface area contributed by atoms with E-state index in [1.165, 1.54) is 0 Å². The van der Waals surface area contributed by atoms with Gasteiger partial charge < -0.3 is 15.7 Å². The molecule has 2 aromatic heterocycles. The van der Waals surface area contributed by atoms with Gasteiger partial charge in [0.05, 0.1) is 17.1 Å². The van der Waals surface area contributed by atoms with Crippen LogP contribution in [0.25, 0.3) is 22.5 Å². The van der Waals surface area contributed by atoms with Crippen LogP contribution in [0, 0.1) is 0 Å². The summed E-state index contributed by atoms with van der Waals surface area (Å²) in [6.45, 7) is 7.80. The standard InChI is InChI=1S/C23H30ClN7O4S/c1-5-8-36(34,35)30-18-10-16(9-17(24)11-18)21-19(13-31(29-21)14(2)3)20-6-7-25-22(28-20)26-12-15(4)27-23(32)33/h6-7,9-11,13-15,27,30H,5,8,12H2,1-4H3,(H,32,33)(H,25,26,28)/t15-/m0/s1. The molecular formula is C23H30ClN7O4S. The van der Waals surface area contributed by atoms with Gasteiger partial charge in [-0.05, 0) is 51.5 Å². The Labute approximate surface area is 215 Å². The number of hydrogen-bond donors (Lipinski definition) is 4. The first-order valence-electron chi connectivity index (χ1n) is 11.4. The van der Waals surface area contributed by atoms with E-state index in [0.29, 0.717) is 52.1 Å². The minimum Gasteiger partial charge on any atom is -0.465 e. The molecule has 13 heteroatoms. The molecule has 0 aliphatic rings. The van der Waals surface area contributed by atoms with Crippen LogP contribution < -0.4 is 15.4 Å². The summed E-state index contributed by atoms with van der Waals surface area (Å²) in [4.78, 5) is 19.6. The zero-order valence-corrected chi connectivity index (χ0v) is 22.1. The summed E-state index contributed by atoms with van der Waals surface area (Å²) in [5.41, 5.74) is 2.84.